The van der Waals surface area contributed by atoms with Gasteiger partial charge in [0.15, 0.2) is 5.78 Å². The van der Waals surface area contributed by atoms with Gasteiger partial charge in [-0.15, -0.1) is 0 Å². The van der Waals surface area contributed by atoms with E-state index in [1.165, 1.54) is 7.11 Å². The molecule has 140 valence electrons. The van der Waals surface area contributed by atoms with Crippen molar-refractivity contribution in [3.63, 3.8) is 0 Å². The number of alkyl halides is 3. The quantitative estimate of drug-likeness (QED) is 0.778. The minimum absolute atomic E-state index is 0.0267. The average molecular weight is 358 g/mol. The Hall–Kier alpha value is -0.880. The molecular weight excluding hydrogens is 333 g/mol. The van der Waals surface area contributed by atoms with Crippen molar-refractivity contribution in [2.45, 2.75) is 63.3 Å². The summed E-state index contributed by atoms with van der Waals surface area (Å²) in [7, 11) is 1.39. The molecule has 3 fully saturated rings. The topological polar surface area (TPSA) is 46.5 Å². The highest BCUT2D eigenvalue weighted by atomic mass is 19.4. The van der Waals surface area contributed by atoms with Crippen molar-refractivity contribution >= 4 is 5.78 Å². The molecule has 0 spiro atoms. The molecular formula is C19H25F3O3. The lowest BCUT2D eigenvalue weighted by Crippen LogP contribution is -2.56. The molecule has 0 aromatic carbocycles. The fraction of sp³-hybridized carbons (Fsp3) is 0.842. The van der Waals surface area contributed by atoms with Crippen molar-refractivity contribution in [2.75, 3.05) is 7.11 Å². The predicted molar refractivity (Wildman–Crippen MR) is 84.7 cm³/mol. The molecule has 4 aliphatic rings. The molecule has 6 heteroatoms. The molecule has 1 N–H and O–H groups in total. The van der Waals surface area contributed by atoms with E-state index in [4.69, 9.17) is 4.74 Å². The van der Waals surface area contributed by atoms with Crippen molar-refractivity contribution in [3.05, 3.63) is 11.6 Å². The van der Waals surface area contributed by atoms with E-state index in [1.807, 2.05) is 0 Å². The van der Waals surface area contributed by atoms with Crippen LogP contribution in [-0.4, -0.2) is 36.4 Å². The van der Waals surface area contributed by atoms with Gasteiger partial charge in [-0.3, -0.25) is 4.79 Å². The smallest absolute Gasteiger partial charge is 0.389 e. The van der Waals surface area contributed by atoms with Gasteiger partial charge in [0, 0.05) is 13.5 Å². The molecule has 0 radical (unpaired) electrons. The summed E-state index contributed by atoms with van der Waals surface area (Å²) in [5, 5.41) is 10.5. The molecule has 25 heavy (non-hydrogen) atoms. The summed E-state index contributed by atoms with van der Waals surface area (Å²) >= 11 is 0. The molecule has 7 atom stereocenters. The van der Waals surface area contributed by atoms with Crippen LogP contribution in [0.1, 0.15) is 44.9 Å². The van der Waals surface area contributed by atoms with Gasteiger partial charge in [0.2, 0.25) is 0 Å². The summed E-state index contributed by atoms with van der Waals surface area (Å²) in [6.07, 6.45) is -1.48. The number of carbonyl (C=O) groups excluding carboxylic acids is 1. The number of carbonyl (C=O) groups is 1. The number of aliphatic hydroxyl groups is 1. The molecule has 0 aromatic heterocycles. The lowest BCUT2D eigenvalue weighted by Gasteiger charge is -2.54. The van der Waals surface area contributed by atoms with E-state index >= 15 is 0 Å². The largest absolute Gasteiger partial charge is 0.397 e. The Morgan fingerprint density at radius 1 is 1.20 bits per heavy atom. The van der Waals surface area contributed by atoms with Crippen LogP contribution in [0.4, 0.5) is 13.2 Å². The molecule has 4 aliphatic carbocycles. The van der Waals surface area contributed by atoms with Crippen LogP contribution in [0.3, 0.4) is 0 Å². The van der Waals surface area contributed by atoms with Crippen molar-refractivity contribution in [2.24, 2.45) is 29.1 Å². The third-order valence-electron chi connectivity index (χ3n) is 7.62. The Labute approximate surface area is 145 Å². The highest BCUT2D eigenvalue weighted by Crippen LogP contribution is 2.66. The zero-order valence-corrected chi connectivity index (χ0v) is 14.4. The Morgan fingerprint density at radius 3 is 2.64 bits per heavy atom. The van der Waals surface area contributed by atoms with E-state index in [1.54, 1.807) is 6.08 Å². The van der Waals surface area contributed by atoms with Gasteiger partial charge in [0.25, 0.3) is 0 Å². The monoisotopic (exact) mass is 358 g/mol. The second kappa shape index (κ2) is 5.81. The molecule has 0 aromatic rings. The average Bonchev–Trinajstić information content (AvgIpc) is 2.87. The first-order valence-electron chi connectivity index (χ1n) is 9.30. The molecule has 3 saturated carbocycles. The minimum Gasteiger partial charge on any atom is -0.389 e. The van der Waals surface area contributed by atoms with Gasteiger partial charge in [-0.25, -0.2) is 0 Å². The fourth-order valence-corrected chi connectivity index (χ4v) is 6.56. The molecule has 4 rings (SSSR count). The van der Waals surface area contributed by atoms with Crippen LogP contribution < -0.4 is 0 Å². The Bertz CT molecular complexity index is 599. The summed E-state index contributed by atoms with van der Waals surface area (Å²) in [5.41, 5.74) is -0.876. The summed E-state index contributed by atoms with van der Waals surface area (Å²) in [5.74, 6) is -0.00964. The number of allylic oxidation sites excluding steroid dienone is 1. The van der Waals surface area contributed by atoms with E-state index in [0.29, 0.717) is 19.3 Å². The van der Waals surface area contributed by atoms with Crippen LogP contribution >= 0.6 is 0 Å². The molecule has 2 unspecified atom stereocenters. The maximum Gasteiger partial charge on any atom is 0.397 e. The zero-order valence-electron chi connectivity index (χ0n) is 14.4. The maximum absolute atomic E-state index is 14.1. The number of hydrogen-bond acceptors (Lipinski definition) is 3. The van der Waals surface area contributed by atoms with Crippen LogP contribution in [-0.2, 0) is 9.53 Å². The van der Waals surface area contributed by atoms with E-state index < -0.39 is 29.7 Å². The standard InChI is InChI=1S/C19H25F3O3/c1-25-16-9-15-14-4-2-10-8-11(23)3-5-12(10)13(14)6-7-18(15,17(16)24)19(20,21)22/h8,12-17,24H,2-7,9H2,1H3/t12-,13+,14+,15-,16?,17?,18+/m0/s1. The number of rotatable bonds is 1. The first-order valence-corrected chi connectivity index (χ1v) is 9.30. The molecule has 0 bridgehead atoms. The van der Waals surface area contributed by atoms with Gasteiger partial charge in [-0.2, -0.15) is 13.2 Å². The van der Waals surface area contributed by atoms with Crippen molar-refractivity contribution in [1.82, 2.24) is 0 Å². The number of fused-ring (bicyclic) bond motifs is 5. The number of halogens is 3. The second-order valence-electron chi connectivity index (χ2n) is 8.34. The van der Waals surface area contributed by atoms with Crippen molar-refractivity contribution < 1.29 is 27.8 Å². The Morgan fingerprint density at radius 2 is 1.96 bits per heavy atom. The predicted octanol–water partition coefficient (Wildman–Crippen LogP) is 3.66. The van der Waals surface area contributed by atoms with Gasteiger partial charge in [0.1, 0.15) is 0 Å². The number of hydrogen-bond donors (Lipinski definition) is 1. The zero-order chi connectivity index (χ0) is 18.0. The van der Waals surface area contributed by atoms with E-state index in [2.05, 4.69) is 0 Å². The van der Waals surface area contributed by atoms with Crippen LogP contribution in [0.5, 0.6) is 0 Å². The molecule has 0 amide bonds. The van der Waals surface area contributed by atoms with Gasteiger partial charge in [-0.05, 0) is 68.3 Å². The van der Waals surface area contributed by atoms with Gasteiger partial charge in [0.05, 0.1) is 17.6 Å². The van der Waals surface area contributed by atoms with Crippen molar-refractivity contribution in [3.8, 4) is 0 Å². The molecule has 0 heterocycles. The van der Waals surface area contributed by atoms with Gasteiger partial charge < -0.3 is 9.84 Å². The Kier molecular flexibility index (Phi) is 4.07. The number of ketones is 1. The SMILES string of the molecule is COC1C[C@H]2[C@@H]3CCC4=CC(=O)CC[C@@H]4[C@H]3CC[C@]2(C(F)(F)F)C1O. The summed E-state index contributed by atoms with van der Waals surface area (Å²) in [4.78, 5) is 11.7. The summed E-state index contributed by atoms with van der Waals surface area (Å²) < 4.78 is 47.6. The van der Waals surface area contributed by atoms with Crippen LogP contribution in [0.2, 0.25) is 0 Å². The lowest BCUT2D eigenvalue weighted by atomic mass is 9.51. The second-order valence-corrected chi connectivity index (χ2v) is 8.34. The van der Waals surface area contributed by atoms with E-state index in [0.717, 1.165) is 18.4 Å². The third-order valence-corrected chi connectivity index (χ3v) is 7.62. The molecule has 0 aliphatic heterocycles. The summed E-state index contributed by atoms with van der Waals surface area (Å²) in [6, 6.07) is 0. The highest BCUT2D eigenvalue weighted by molar-refractivity contribution is 5.91. The lowest BCUT2D eigenvalue weighted by molar-refractivity contribution is -0.287. The van der Waals surface area contributed by atoms with E-state index in [9.17, 15) is 23.1 Å². The van der Waals surface area contributed by atoms with Crippen LogP contribution in [0.25, 0.3) is 0 Å². The minimum atomic E-state index is -4.42. The fourth-order valence-electron chi connectivity index (χ4n) is 6.56. The Balaban J connectivity index is 1.70. The van der Waals surface area contributed by atoms with Crippen LogP contribution in [0, 0.1) is 29.1 Å². The number of ether oxygens (including phenoxy) is 1. The molecule has 0 saturated heterocycles. The molecule has 3 nitrogen and oxygen atoms in total. The van der Waals surface area contributed by atoms with Gasteiger partial charge >= 0.3 is 6.18 Å². The maximum atomic E-state index is 14.1. The number of methoxy groups -OCH3 is 1. The van der Waals surface area contributed by atoms with Crippen LogP contribution in [0.15, 0.2) is 11.6 Å². The van der Waals surface area contributed by atoms with E-state index in [-0.39, 0.29) is 36.4 Å². The van der Waals surface area contributed by atoms with Gasteiger partial charge in [-0.1, -0.05) is 5.57 Å². The third kappa shape index (κ3) is 2.36. The first-order chi connectivity index (χ1) is 11.8. The normalized spacial score (nSPS) is 46.9. The number of aliphatic hydroxyl groups excluding tert-OH is 1. The first kappa shape index (κ1) is 17.5. The summed E-state index contributed by atoms with van der Waals surface area (Å²) in [6.45, 7) is 0. The van der Waals surface area contributed by atoms with Crippen molar-refractivity contribution in [1.29, 1.82) is 0 Å². The highest BCUT2D eigenvalue weighted by Gasteiger charge is 2.72.